The first kappa shape index (κ1) is 34.6. The Kier molecular flexibility index (Phi) is 10.9. The second-order valence-corrected chi connectivity index (χ2v) is 13.8. The second kappa shape index (κ2) is 13.8. The van der Waals surface area contributed by atoms with Gasteiger partial charge in [-0.05, 0) is 76.6 Å². The van der Waals surface area contributed by atoms with Crippen molar-refractivity contribution in [3.05, 3.63) is 92.0 Å². The van der Waals surface area contributed by atoms with Crippen molar-refractivity contribution in [1.29, 1.82) is 0 Å². The number of ether oxygens (including phenoxy) is 1. The van der Waals surface area contributed by atoms with Crippen LogP contribution in [0.5, 0.6) is 5.75 Å². The minimum atomic E-state index is -4.63. The number of nitrogens with one attached hydrogen (secondary N) is 1. The minimum Gasteiger partial charge on any atom is -0.495 e. The van der Waals surface area contributed by atoms with Crippen LogP contribution in [0.2, 0.25) is 10.0 Å². The lowest BCUT2D eigenvalue weighted by molar-refractivity contribution is -0.385. The Morgan fingerprint density at radius 2 is 1.64 bits per heavy atom. The first-order valence-electron chi connectivity index (χ1n) is 13.4. The van der Waals surface area contributed by atoms with Gasteiger partial charge in [-0.2, -0.15) is 0 Å². The molecule has 0 bridgehead atoms. The number of sulfonamides is 1. The summed E-state index contributed by atoms with van der Waals surface area (Å²) in [6.07, 6.45) is 0. The van der Waals surface area contributed by atoms with E-state index < -0.39 is 55.5 Å². The van der Waals surface area contributed by atoms with Gasteiger partial charge in [0.2, 0.25) is 11.8 Å². The van der Waals surface area contributed by atoms with E-state index in [1.165, 1.54) is 56.2 Å². The fourth-order valence-electron chi connectivity index (χ4n) is 4.29. The molecule has 1 N–H and O–H groups in total. The summed E-state index contributed by atoms with van der Waals surface area (Å²) in [6, 6.07) is 13.3. The number of halogens is 2. The number of methoxy groups -OCH3 is 1. The van der Waals surface area contributed by atoms with Crippen molar-refractivity contribution < 1.29 is 27.7 Å². The third-order valence-corrected chi connectivity index (χ3v) is 8.83. The fourth-order valence-corrected chi connectivity index (χ4v) is 6.02. The molecule has 1 atom stereocenters. The van der Waals surface area contributed by atoms with Crippen LogP contribution in [0.1, 0.15) is 38.8 Å². The Hall–Kier alpha value is -3.87. The van der Waals surface area contributed by atoms with Crippen molar-refractivity contribution in [3.8, 4) is 5.75 Å². The number of carbonyl (C=O) groups is 2. The number of anilines is 1. The molecule has 0 heterocycles. The summed E-state index contributed by atoms with van der Waals surface area (Å²) in [6.45, 7) is 7.56. The van der Waals surface area contributed by atoms with Crippen LogP contribution in [-0.4, -0.2) is 55.3 Å². The molecule has 14 heteroatoms. The van der Waals surface area contributed by atoms with Crippen LogP contribution in [0.3, 0.4) is 0 Å². The molecule has 0 aliphatic rings. The molecule has 0 unspecified atom stereocenters. The van der Waals surface area contributed by atoms with Crippen molar-refractivity contribution in [3.63, 3.8) is 0 Å². The topological polar surface area (TPSA) is 139 Å². The highest BCUT2D eigenvalue weighted by Gasteiger charge is 2.35. The van der Waals surface area contributed by atoms with Crippen LogP contribution in [0.15, 0.2) is 65.6 Å². The van der Waals surface area contributed by atoms with Crippen LogP contribution < -0.4 is 14.4 Å². The van der Waals surface area contributed by atoms with Crippen molar-refractivity contribution in [2.45, 2.75) is 57.6 Å². The summed E-state index contributed by atoms with van der Waals surface area (Å²) in [5.41, 5.74) is -0.196. The van der Waals surface area contributed by atoms with E-state index in [9.17, 15) is 28.1 Å². The van der Waals surface area contributed by atoms with Gasteiger partial charge in [-0.3, -0.25) is 24.0 Å². The highest BCUT2D eigenvalue weighted by molar-refractivity contribution is 7.92. The maximum Gasteiger partial charge on any atom is 0.273 e. The quantitative estimate of drug-likeness (QED) is 0.203. The molecule has 0 fully saturated rings. The van der Waals surface area contributed by atoms with Gasteiger partial charge < -0.3 is 15.0 Å². The lowest BCUT2D eigenvalue weighted by Gasteiger charge is -2.33. The van der Waals surface area contributed by atoms with Crippen molar-refractivity contribution in [1.82, 2.24) is 10.2 Å². The highest BCUT2D eigenvalue weighted by Crippen LogP contribution is 2.36. The summed E-state index contributed by atoms with van der Waals surface area (Å²) in [5, 5.41) is 15.1. The molecule has 3 aromatic rings. The number of aryl methyl sites for hydroxylation is 1. The van der Waals surface area contributed by atoms with E-state index in [4.69, 9.17) is 27.9 Å². The summed E-state index contributed by atoms with van der Waals surface area (Å²) < 4.78 is 34.6. The zero-order chi connectivity index (χ0) is 33.0. The lowest BCUT2D eigenvalue weighted by atomic mass is 10.1. The van der Waals surface area contributed by atoms with E-state index in [1.54, 1.807) is 45.0 Å². The SMILES string of the molecule is COc1ccc(Cl)cc1N(CC(=O)N(Cc1ccc(Cl)cc1)[C@H](C)C(=O)NC(C)(C)C)S(=O)(=O)c1ccc(C)c([N+](=O)[O-])c1. The van der Waals surface area contributed by atoms with E-state index >= 15 is 0 Å². The molecular weight excluding hydrogens is 631 g/mol. The minimum absolute atomic E-state index is 0.0503. The van der Waals surface area contributed by atoms with Gasteiger partial charge in [0.25, 0.3) is 15.7 Å². The molecule has 3 rings (SSSR count). The van der Waals surface area contributed by atoms with Crippen LogP contribution >= 0.6 is 23.2 Å². The summed E-state index contributed by atoms with van der Waals surface area (Å²) in [4.78, 5) is 39.2. The zero-order valence-electron chi connectivity index (χ0n) is 25.1. The van der Waals surface area contributed by atoms with Crippen molar-refractivity contribution >= 4 is 56.4 Å². The molecular formula is C30H34Cl2N4O7S. The number of carbonyl (C=O) groups excluding carboxylic acids is 2. The summed E-state index contributed by atoms with van der Waals surface area (Å²) in [7, 11) is -3.31. The predicted molar refractivity (Wildman–Crippen MR) is 170 cm³/mol. The number of nitro groups is 1. The molecule has 0 radical (unpaired) electrons. The maximum absolute atomic E-state index is 14.2. The molecule has 0 saturated carbocycles. The smallest absolute Gasteiger partial charge is 0.273 e. The number of nitrogens with zero attached hydrogens (tertiary/aromatic N) is 3. The fraction of sp³-hybridized carbons (Fsp3) is 0.333. The van der Waals surface area contributed by atoms with Gasteiger partial charge in [-0.25, -0.2) is 8.42 Å². The monoisotopic (exact) mass is 664 g/mol. The molecule has 2 amide bonds. The van der Waals surface area contributed by atoms with Gasteiger partial charge in [-0.15, -0.1) is 0 Å². The number of amides is 2. The molecule has 11 nitrogen and oxygen atoms in total. The first-order valence-corrected chi connectivity index (χ1v) is 15.6. The summed E-state index contributed by atoms with van der Waals surface area (Å²) >= 11 is 12.3. The largest absolute Gasteiger partial charge is 0.495 e. The number of rotatable bonds is 11. The normalized spacial score (nSPS) is 12.3. The molecule has 3 aromatic carbocycles. The maximum atomic E-state index is 14.2. The predicted octanol–water partition coefficient (Wildman–Crippen LogP) is 5.75. The number of hydrogen-bond acceptors (Lipinski definition) is 7. The van der Waals surface area contributed by atoms with Gasteiger partial charge in [0.1, 0.15) is 18.3 Å². The Morgan fingerprint density at radius 1 is 1.02 bits per heavy atom. The average molecular weight is 666 g/mol. The van der Waals surface area contributed by atoms with E-state index in [0.29, 0.717) is 10.6 Å². The van der Waals surface area contributed by atoms with Crippen LogP contribution in [0, 0.1) is 17.0 Å². The van der Waals surface area contributed by atoms with Gasteiger partial charge in [0, 0.05) is 33.8 Å². The molecule has 0 aromatic heterocycles. The molecule has 0 aliphatic carbocycles. The molecule has 236 valence electrons. The third kappa shape index (κ3) is 8.40. The average Bonchev–Trinajstić information content (AvgIpc) is 2.94. The molecule has 0 spiro atoms. The Balaban J connectivity index is 2.16. The van der Waals surface area contributed by atoms with Crippen molar-refractivity contribution in [2.24, 2.45) is 0 Å². The number of nitro benzene ring substituents is 1. The van der Waals surface area contributed by atoms with Crippen LogP contribution in [-0.2, 0) is 26.2 Å². The highest BCUT2D eigenvalue weighted by atomic mass is 35.5. The first-order chi connectivity index (χ1) is 20.4. The van der Waals surface area contributed by atoms with Crippen LogP contribution in [0.4, 0.5) is 11.4 Å². The molecule has 0 aliphatic heterocycles. The van der Waals surface area contributed by atoms with E-state index in [0.717, 1.165) is 10.4 Å². The Labute approximate surface area is 266 Å². The van der Waals surface area contributed by atoms with Crippen molar-refractivity contribution in [2.75, 3.05) is 18.0 Å². The van der Waals surface area contributed by atoms with Crippen LogP contribution in [0.25, 0.3) is 0 Å². The third-order valence-electron chi connectivity index (χ3n) is 6.59. The van der Waals surface area contributed by atoms with E-state index in [2.05, 4.69) is 5.32 Å². The number of hydrogen-bond donors (Lipinski definition) is 1. The Bertz CT molecular complexity index is 1660. The molecule has 0 saturated heterocycles. The second-order valence-electron chi connectivity index (χ2n) is 11.1. The lowest BCUT2D eigenvalue weighted by Crippen LogP contribution is -2.54. The molecule has 44 heavy (non-hydrogen) atoms. The zero-order valence-corrected chi connectivity index (χ0v) is 27.5. The van der Waals surface area contributed by atoms with Gasteiger partial charge >= 0.3 is 0 Å². The van der Waals surface area contributed by atoms with Gasteiger partial charge in [0.05, 0.1) is 22.6 Å². The van der Waals surface area contributed by atoms with Gasteiger partial charge in [0.15, 0.2) is 0 Å². The standard InChI is InChI=1S/C30H34Cl2N4O7S/c1-19-7-13-24(16-25(19)36(39)40)44(41,42)35(26-15-23(32)12-14-27(26)43-6)18-28(37)34(17-21-8-10-22(31)11-9-21)20(2)29(38)33-30(3,4)5/h7-16,20H,17-18H2,1-6H3,(H,33,38)/t20-/m1/s1. The van der Waals surface area contributed by atoms with Gasteiger partial charge in [-0.1, -0.05) is 41.4 Å². The Morgan fingerprint density at radius 3 is 2.20 bits per heavy atom. The number of benzene rings is 3. The van der Waals surface area contributed by atoms with E-state index in [1.807, 2.05) is 0 Å². The van der Waals surface area contributed by atoms with E-state index in [-0.39, 0.29) is 28.6 Å². The summed E-state index contributed by atoms with van der Waals surface area (Å²) in [5.74, 6) is -1.11.